The second-order valence-electron chi connectivity index (χ2n) is 22.9. The van der Waals surface area contributed by atoms with Gasteiger partial charge in [-0.05, 0) is 167 Å². The number of anilines is 1. The number of benzene rings is 4. The van der Waals surface area contributed by atoms with Crippen molar-refractivity contribution in [1.29, 1.82) is 0 Å². The van der Waals surface area contributed by atoms with Crippen LogP contribution in [0.1, 0.15) is 135 Å². The van der Waals surface area contributed by atoms with Crippen molar-refractivity contribution in [3.63, 3.8) is 0 Å². The standard InChI is InChI=1S/C17H22N2O2.C14H20N2.C14H18N2.C13H17NO.C8H15NO/c1-14(2)18-12-7-13-19(17(18)21)16(20)11-6-10-15-8-4-3-5-9-15;2*1-10(2)16-8-7-12-11-5-3-4-6-13(11)15-14(12)9-16;1-10(2)15-8-7-11-9-14-13-6-4-3-5-12(11)13;1-7(2)9-6-4-3-5-8(9)10/h3-6,8-9,11,14H,7,10,12-13H2,1-2H3;3-6,10,12,14-15H,7-9H2,1-2H3;3-6,10,15H,7-9H2,1-2H3;3-6,9-10,14H,7-8H2,1-2H3;7H,3-6H2,1-2H3/b11-6+;;;;. The first-order valence-electron chi connectivity index (χ1n) is 29.3. The number of carbonyl (C=O) groups excluding carboxylic acids is 3. The van der Waals surface area contributed by atoms with Crippen LogP contribution in [0.5, 0.6) is 0 Å². The number of likely N-dealkylation sites (tertiary alicyclic amines) is 2. The fourth-order valence-corrected chi connectivity index (χ4v) is 11.3. The third kappa shape index (κ3) is 16.2. The Kier molecular flexibility index (Phi) is 22.2. The lowest BCUT2D eigenvalue weighted by molar-refractivity contribution is -0.135. The van der Waals surface area contributed by atoms with Gasteiger partial charge in [0.1, 0.15) is 0 Å². The first kappa shape index (κ1) is 59.5. The normalized spacial score (nSPS) is 18.5. The summed E-state index contributed by atoms with van der Waals surface area (Å²) in [4.78, 5) is 52.5. The Bertz CT molecular complexity index is 2850. The van der Waals surface area contributed by atoms with Crippen LogP contribution < -0.4 is 5.32 Å². The lowest BCUT2D eigenvalue weighted by Gasteiger charge is -2.37. The van der Waals surface area contributed by atoms with Gasteiger partial charge in [0.25, 0.3) is 5.91 Å². The molecule has 5 aliphatic heterocycles. The Balaban J connectivity index is 0.000000144. The van der Waals surface area contributed by atoms with E-state index in [1.807, 2.05) is 61.2 Å². The van der Waals surface area contributed by atoms with Crippen molar-refractivity contribution < 1.29 is 19.1 Å². The first-order valence-corrected chi connectivity index (χ1v) is 29.3. The molecule has 12 nitrogen and oxygen atoms in total. The average Bonchev–Trinajstić information content (AvgIpc) is 4.20. The Hall–Kier alpha value is -6.21. The third-order valence-corrected chi connectivity index (χ3v) is 15.8. The number of imide groups is 1. The molecule has 7 heterocycles. The molecule has 420 valence electrons. The maximum Gasteiger partial charge on any atom is 0.327 e. The maximum absolute atomic E-state index is 12.2. The van der Waals surface area contributed by atoms with Gasteiger partial charge < -0.3 is 29.8 Å². The Morgan fingerprint density at radius 2 is 1.33 bits per heavy atom. The fourth-order valence-electron chi connectivity index (χ4n) is 11.3. The molecule has 12 heteroatoms. The van der Waals surface area contributed by atoms with Crippen LogP contribution in [-0.2, 0) is 40.1 Å². The molecular formula is C66H92N8O4. The molecule has 5 aliphatic rings. The monoisotopic (exact) mass is 1060 g/mol. The number of hydrogen-bond acceptors (Lipinski definition) is 7. The molecule has 0 saturated carbocycles. The van der Waals surface area contributed by atoms with Gasteiger partial charge >= 0.3 is 6.03 Å². The van der Waals surface area contributed by atoms with E-state index in [0.717, 1.165) is 63.4 Å². The van der Waals surface area contributed by atoms with Crippen molar-refractivity contribution >= 4 is 45.3 Å². The van der Waals surface area contributed by atoms with Crippen LogP contribution in [0.2, 0.25) is 0 Å². The number of aromatic amines is 2. The van der Waals surface area contributed by atoms with Crippen molar-refractivity contribution in [3.8, 4) is 0 Å². The van der Waals surface area contributed by atoms with E-state index in [9.17, 15) is 14.4 Å². The number of rotatable bonds is 11. The van der Waals surface area contributed by atoms with Crippen LogP contribution in [0.4, 0.5) is 10.5 Å². The number of allylic oxidation sites excluding steroid dienone is 1. The van der Waals surface area contributed by atoms with Gasteiger partial charge in [0.05, 0.1) is 12.7 Å². The molecule has 11 rings (SSSR count). The molecule has 4 aromatic carbocycles. The number of aromatic nitrogens is 2. The molecule has 2 unspecified atom stereocenters. The van der Waals surface area contributed by atoms with Crippen LogP contribution in [0, 0.1) is 0 Å². The summed E-state index contributed by atoms with van der Waals surface area (Å²) in [6.07, 6.45) is 13.7. The minimum atomic E-state index is -0.221. The van der Waals surface area contributed by atoms with Gasteiger partial charge in [0, 0.05) is 121 Å². The Morgan fingerprint density at radius 1 is 0.667 bits per heavy atom. The average molecular weight is 1060 g/mol. The number of carbonyl (C=O) groups is 3. The minimum Gasteiger partial charge on any atom is -0.380 e. The van der Waals surface area contributed by atoms with Crippen molar-refractivity contribution in [2.75, 3.05) is 51.2 Å². The van der Waals surface area contributed by atoms with E-state index in [4.69, 9.17) is 4.74 Å². The van der Waals surface area contributed by atoms with Gasteiger partial charge in [-0.3, -0.25) is 24.3 Å². The number of urea groups is 1. The fraction of sp³-hybridized carbons (Fsp3) is 0.500. The zero-order valence-electron chi connectivity index (χ0n) is 48.8. The molecule has 2 atom stereocenters. The van der Waals surface area contributed by atoms with Crippen molar-refractivity contribution in [2.24, 2.45) is 0 Å². The molecule has 3 saturated heterocycles. The quantitative estimate of drug-likeness (QED) is 0.111. The maximum atomic E-state index is 12.2. The summed E-state index contributed by atoms with van der Waals surface area (Å²) in [6, 6.07) is 38.0. The van der Waals surface area contributed by atoms with Gasteiger partial charge in [-0.25, -0.2) is 4.79 Å². The number of ether oxygens (including phenoxy) is 1. The number of nitrogens with one attached hydrogen (secondary N) is 3. The number of fused-ring (bicyclic) bond motifs is 7. The summed E-state index contributed by atoms with van der Waals surface area (Å²) in [6.45, 7) is 29.0. The zero-order chi connectivity index (χ0) is 55.7. The van der Waals surface area contributed by atoms with E-state index in [-0.39, 0.29) is 18.0 Å². The highest BCUT2D eigenvalue weighted by atomic mass is 16.5. The summed E-state index contributed by atoms with van der Waals surface area (Å²) in [5.41, 5.74) is 10.8. The first-order chi connectivity index (χ1) is 37.6. The molecule has 6 aromatic rings. The second-order valence-corrected chi connectivity index (χ2v) is 22.9. The minimum absolute atomic E-state index is 0.126. The van der Waals surface area contributed by atoms with Gasteiger partial charge in [-0.1, -0.05) is 91.0 Å². The molecule has 78 heavy (non-hydrogen) atoms. The van der Waals surface area contributed by atoms with Gasteiger partial charge in [0.15, 0.2) is 0 Å². The topological polar surface area (TPSA) is 120 Å². The van der Waals surface area contributed by atoms with E-state index in [2.05, 4.69) is 153 Å². The number of nitrogens with zero attached hydrogens (tertiary/aromatic N) is 5. The summed E-state index contributed by atoms with van der Waals surface area (Å²) in [7, 11) is 0. The largest absolute Gasteiger partial charge is 0.380 e. The highest BCUT2D eigenvalue weighted by Crippen LogP contribution is 2.40. The molecule has 0 aliphatic carbocycles. The Labute approximate surface area is 467 Å². The number of hydrogen-bond donors (Lipinski definition) is 3. The molecule has 0 bridgehead atoms. The van der Waals surface area contributed by atoms with Gasteiger partial charge in [0.2, 0.25) is 5.91 Å². The van der Waals surface area contributed by atoms with Gasteiger partial charge in [-0.15, -0.1) is 0 Å². The lowest BCUT2D eigenvalue weighted by atomic mass is 9.88. The SMILES string of the molecule is CC(C)N1CCC2c3ccccc3NC2C1.CC(C)N1CCCCC1=O.CC(C)N1CCCN(C(=O)/C=C/Cc2ccccc2)C1=O.CC(C)N1CCc2c([nH]c3ccccc23)C1.CC(C)OCCc1c[nH]c2ccccc12. The van der Waals surface area contributed by atoms with E-state index in [1.165, 1.54) is 99.8 Å². The summed E-state index contributed by atoms with van der Waals surface area (Å²) in [5.74, 6) is 0.855. The third-order valence-electron chi connectivity index (χ3n) is 15.8. The predicted octanol–water partition coefficient (Wildman–Crippen LogP) is 13.0. The molecule has 2 aromatic heterocycles. The van der Waals surface area contributed by atoms with E-state index >= 15 is 0 Å². The van der Waals surface area contributed by atoms with Crippen molar-refractivity contribution in [3.05, 3.63) is 149 Å². The second kappa shape index (κ2) is 29.1. The van der Waals surface area contributed by atoms with Crippen molar-refractivity contribution in [2.45, 2.75) is 169 Å². The van der Waals surface area contributed by atoms with Gasteiger partial charge in [-0.2, -0.15) is 0 Å². The summed E-state index contributed by atoms with van der Waals surface area (Å²) < 4.78 is 5.55. The predicted molar refractivity (Wildman–Crippen MR) is 322 cm³/mol. The van der Waals surface area contributed by atoms with Crippen LogP contribution >= 0.6 is 0 Å². The van der Waals surface area contributed by atoms with Crippen LogP contribution in [0.25, 0.3) is 21.8 Å². The number of amides is 4. The number of para-hydroxylation sites is 3. The summed E-state index contributed by atoms with van der Waals surface area (Å²) in [5, 5.41) is 6.41. The van der Waals surface area contributed by atoms with Crippen molar-refractivity contribution in [1.82, 2.24) is 34.5 Å². The highest BCUT2D eigenvalue weighted by Gasteiger charge is 2.37. The molecule has 0 spiro atoms. The van der Waals surface area contributed by atoms with E-state index < -0.39 is 0 Å². The molecule has 0 radical (unpaired) electrons. The number of H-pyrrole nitrogens is 2. The Morgan fingerprint density at radius 3 is 2.03 bits per heavy atom. The van der Waals surface area contributed by atoms with E-state index in [0.29, 0.717) is 49.1 Å². The number of piperidine rings is 2. The zero-order valence-corrected chi connectivity index (χ0v) is 48.8. The molecular weight excluding hydrogens is 969 g/mol. The van der Waals surface area contributed by atoms with Crippen LogP contribution in [0.15, 0.2) is 121 Å². The smallest absolute Gasteiger partial charge is 0.327 e. The van der Waals surface area contributed by atoms with E-state index in [1.54, 1.807) is 4.90 Å². The molecule has 3 fully saturated rings. The molecule has 4 amide bonds. The molecule has 3 N–H and O–H groups in total. The van der Waals surface area contributed by atoms with Crippen LogP contribution in [0.3, 0.4) is 0 Å². The highest BCUT2D eigenvalue weighted by molar-refractivity contribution is 6.00. The van der Waals surface area contributed by atoms with Crippen LogP contribution in [-0.4, -0.2) is 135 Å². The lowest BCUT2D eigenvalue weighted by Crippen LogP contribution is -2.53. The summed E-state index contributed by atoms with van der Waals surface area (Å²) >= 11 is 0.